The van der Waals surface area contributed by atoms with Gasteiger partial charge >= 0.3 is 0 Å². The first-order valence-electron chi connectivity index (χ1n) is 9.58. The van der Waals surface area contributed by atoms with Gasteiger partial charge in [-0.25, -0.2) is 0 Å². The van der Waals surface area contributed by atoms with Crippen molar-refractivity contribution in [1.82, 2.24) is 0 Å². The highest BCUT2D eigenvalue weighted by atomic mass is 16.3. The van der Waals surface area contributed by atoms with Crippen molar-refractivity contribution in [2.45, 2.75) is 84.5 Å². The molecule has 1 nitrogen and oxygen atoms in total. The minimum absolute atomic E-state index is 0.230. The molecule has 23 heavy (non-hydrogen) atoms. The Morgan fingerprint density at radius 2 is 1.26 bits per heavy atom. The third kappa shape index (κ3) is 17.1. The number of hydrogen-bond donors (Lipinski definition) is 1. The van der Waals surface area contributed by atoms with E-state index in [0.717, 1.165) is 32.1 Å². The summed E-state index contributed by atoms with van der Waals surface area (Å²) in [7, 11) is 0. The number of aliphatic hydroxyl groups excluding tert-OH is 1. The summed E-state index contributed by atoms with van der Waals surface area (Å²) in [5.74, 6) is 0. The fraction of sp³-hybridized carbons (Fsp3) is 0.636. The Balaban J connectivity index is 3.34. The van der Waals surface area contributed by atoms with Crippen LogP contribution in [-0.2, 0) is 0 Å². The van der Waals surface area contributed by atoms with Gasteiger partial charge in [0.1, 0.15) is 0 Å². The largest absolute Gasteiger partial charge is 0.392 e. The number of aliphatic hydroxyl groups is 1. The molecule has 1 heteroatoms. The van der Waals surface area contributed by atoms with Crippen LogP contribution >= 0.6 is 0 Å². The average molecular weight is 319 g/mol. The second-order valence-corrected chi connectivity index (χ2v) is 6.01. The normalized spacial score (nSPS) is 13.1. The van der Waals surface area contributed by atoms with Crippen LogP contribution in [0.1, 0.15) is 84.5 Å². The zero-order valence-corrected chi connectivity index (χ0v) is 15.5. The molecule has 0 aliphatic rings. The first-order chi connectivity index (χ1) is 11.3. The summed E-state index contributed by atoms with van der Waals surface area (Å²) >= 11 is 0. The molecule has 0 fully saturated rings. The Morgan fingerprint density at radius 3 is 1.87 bits per heavy atom. The van der Waals surface area contributed by atoms with Crippen LogP contribution in [0.3, 0.4) is 0 Å². The Hall–Kier alpha value is -1.08. The van der Waals surface area contributed by atoms with E-state index in [1.165, 1.54) is 44.1 Å². The lowest BCUT2D eigenvalue weighted by atomic mass is 10.1. The molecule has 0 aromatic heterocycles. The molecule has 0 saturated carbocycles. The van der Waals surface area contributed by atoms with Gasteiger partial charge in [-0.3, -0.25) is 0 Å². The van der Waals surface area contributed by atoms with Crippen molar-refractivity contribution in [3.8, 4) is 0 Å². The maximum Gasteiger partial charge on any atom is 0.0641 e. The predicted molar refractivity (Wildman–Crippen MR) is 105 cm³/mol. The second-order valence-electron chi connectivity index (χ2n) is 6.01. The summed E-state index contributed by atoms with van der Waals surface area (Å²) in [6.07, 6.45) is 28.9. The second kappa shape index (κ2) is 19.0. The fourth-order valence-corrected chi connectivity index (χ4v) is 2.39. The van der Waals surface area contributed by atoms with E-state index in [0.29, 0.717) is 0 Å². The standard InChI is InChI=1S/C22H38O/c1-3-5-6-7-8-9-10-11-12-13-14-15-16-17-18-19-20-22(4-2)21-23/h5-6,8-9,11-12,20,23H,3-4,7,10,13-19,21H2,1-2H3/b6-5+,9-8+,12-11+,22-20+. The highest BCUT2D eigenvalue weighted by Crippen LogP contribution is 2.10. The minimum Gasteiger partial charge on any atom is -0.392 e. The first kappa shape index (κ1) is 21.9. The SMILES string of the molecule is CC/C=C/C/C=C/C/C=C/CCCCCCC/C=C(\CC)CO. The quantitative estimate of drug-likeness (QED) is 0.257. The number of hydrogen-bond acceptors (Lipinski definition) is 1. The summed E-state index contributed by atoms with van der Waals surface area (Å²) < 4.78 is 0. The number of rotatable bonds is 15. The van der Waals surface area contributed by atoms with Crippen LogP contribution in [0.15, 0.2) is 48.1 Å². The molecule has 0 amide bonds. The van der Waals surface area contributed by atoms with E-state index >= 15 is 0 Å². The van der Waals surface area contributed by atoms with Crippen LogP contribution in [-0.4, -0.2) is 11.7 Å². The Morgan fingerprint density at radius 1 is 0.696 bits per heavy atom. The van der Waals surface area contributed by atoms with Gasteiger partial charge in [-0.2, -0.15) is 0 Å². The van der Waals surface area contributed by atoms with Gasteiger partial charge in [0, 0.05) is 0 Å². The van der Waals surface area contributed by atoms with E-state index in [1.54, 1.807) is 0 Å². The van der Waals surface area contributed by atoms with E-state index in [1.807, 2.05) is 0 Å². The lowest BCUT2D eigenvalue weighted by Crippen LogP contribution is -1.88. The maximum absolute atomic E-state index is 9.07. The van der Waals surface area contributed by atoms with E-state index in [4.69, 9.17) is 5.11 Å². The molecule has 1 N–H and O–H groups in total. The Labute approximate surface area is 144 Å². The highest BCUT2D eigenvalue weighted by molar-refractivity contribution is 5.00. The van der Waals surface area contributed by atoms with Crippen LogP contribution in [0.4, 0.5) is 0 Å². The van der Waals surface area contributed by atoms with E-state index in [2.05, 4.69) is 56.4 Å². The van der Waals surface area contributed by atoms with Crippen LogP contribution < -0.4 is 0 Å². The molecule has 0 rings (SSSR count). The fourth-order valence-electron chi connectivity index (χ4n) is 2.39. The molecule has 0 unspecified atom stereocenters. The number of allylic oxidation sites excluding steroid dienone is 7. The van der Waals surface area contributed by atoms with Crippen LogP contribution in [0.2, 0.25) is 0 Å². The average Bonchev–Trinajstić information content (AvgIpc) is 2.58. The molecule has 0 saturated heterocycles. The van der Waals surface area contributed by atoms with Crippen molar-refractivity contribution in [1.29, 1.82) is 0 Å². The smallest absolute Gasteiger partial charge is 0.0641 e. The molecule has 0 heterocycles. The first-order valence-corrected chi connectivity index (χ1v) is 9.58. The van der Waals surface area contributed by atoms with Crippen molar-refractivity contribution in [3.05, 3.63) is 48.1 Å². The van der Waals surface area contributed by atoms with Gasteiger partial charge < -0.3 is 5.11 Å². The van der Waals surface area contributed by atoms with E-state index in [-0.39, 0.29) is 6.61 Å². The molecule has 0 radical (unpaired) electrons. The zero-order valence-electron chi connectivity index (χ0n) is 15.5. The van der Waals surface area contributed by atoms with Crippen LogP contribution in [0, 0.1) is 0 Å². The van der Waals surface area contributed by atoms with Crippen molar-refractivity contribution in [3.63, 3.8) is 0 Å². The highest BCUT2D eigenvalue weighted by Gasteiger charge is 1.92. The zero-order chi connectivity index (χ0) is 17.0. The lowest BCUT2D eigenvalue weighted by Gasteiger charge is -2.01. The van der Waals surface area contributed by atoms with Crippen molar-refractivity contribution in [2.24, 2.45) is 0 Å². The predicted octanol–water partition coefficient (Wildman–Crippen LogP) is 6.90. The van der Waals surface area contributed by atoms with Crippen molar-refractivity contribution >= 4 is 0 Å². The molecule has 0 atom stereocenters. The third-order valence-electron chi connectivity index (χ3n) is 3.95. The van der Waals surface area contributed by atoms with Gasteiger partial charge in [-0.1, -0.05) is 75.6 Å². The van der Waals surface area contributed by atoms with Crippen LogP contribution in [0.25, 0.3) is 0 Å². The third-order valence-corrected chi connectivity index (χ3v) is 3.95. The molecular formula is C22H38O. The van der Waals surface area contributed by atoms with E-state index in [9.17, 15) is 0 Å². The maximum atomic E-state index is 9.07. The van der Waals surface area contributed by atoms with Gasteiger partial charge in [0.2, 0.25) is 0 Å². The van der Waals surface area contributed by atoms with Gasteiger partial charge in [-0.15, -0.1) is 0 Å². The molecular weight excluding hydrogens is 280 g/mol. The summed E-state index contributed by atoms with van der Waals surface area (Å²) in [4.78, 5) is 0. The summed E-state index contributed by atoms with van der Waals surface area (Å²) in [6.45, 7) is 4.50. The summed E-state index contributed by atoms with van der Waals surface area (Å²) in [5.41, 5.74) is 1.19. The molecule has 0 aromatic rings. The summed E-state index contributed by atoms with van der Waals surface area (Å²) in [5, 5.41) is 9.07. The molecule has 132 valence electrons. The number of unbranched alkanes of at least 4 members (excludes halogenated alkanes) is 6. The van der Waals surface area contributed by atoms with Crippen molar-refractivity contribution in [2.75, 3.05) is 6.61 Å². The monoisotopic (exact) mass is 318 g/mol. The molecule has 0 aliphatic carbocycles. The molecule has 0 aromatic carbocycles. The topological polar surface area (TPSA) is 20.2 Å². The van der Waals surface area contributed by atoms with Gasteiger partial charge in [0.15, 0.2) is 0 Å². The van der Waals surface area contributed by atoms with Crippen LogP contribution in [0.5, 0.6) is 0 Å². The minimum atomic E-state index is 0.230. The molecule has 0 bridgehead atoms. The lowest BCUT2D eigenvalue weighted by molar-refractivity contribution is 0.327. The molecule has 0 aliphatic heterocycles. The van der Waals surface area contributed by atoms with Crippen molar-refractivity contribution < 1.29 is 5.11 Å². The Bertz CT molecular complexity index is 341. The Kier molecular flexibility index (Phi) is 18.1. The van der Waals surface area contributed by atoms with Gasteiger partial charge in [0.25, 0.3) is 0 Å². The van der Waals surface area contributed by atoms with Gasteiger partial charge in [0.05, 0.1) is 6.61 Å². The molecule has 0 spiro atoms. The van der Waals surface area contributed by atoms with E-state index < -0.39 is 0 Å². The summed E-state index contributed by atoms with van der Waals surface area (Å²) in [6, 6.07) is 0. The van der Waals surface area contributed by atoms with Gasteiger partial charge in [-0.05, 0) is 56.9 Å².